The Bertz CT molecular complexity index is 1280. The quantitative estimate of drug-likeness (QED) is 0.423. The molecule has 0 bridgehead atoms. The SMILES string of the molecule is Cc1c(C(=O)Nc2ccc(N3CCC(N4CCOCC4)CC3)c(Br)c2)cnn1-c1ccc(C(F)(F)F)cc1. The van der Waals surface area contributed by atoms with E-state index in [2.05, 4.69) is 36.1 Å². The Morgan fingerprint density at radius 2 is 1.74 bits per heavy atom. The van der Waals surface area contributed by atoms with Crippen molar-refractivity contribution in [3.05, 3.63) is 70.0 Å². The maximum atomic E-state index is 13.0. The van der Waals surface area contributed by atoms with Crippen LogP contribution in [0.3, 0.4) is 0 Å². The van der Waals surface area contributed by atoms with Gasteiger partial charge in [-0.1, -0.05) is 0 Å². The van der Waals surface area contributed by atoms with Gasteiger partial charge in [0.1, 0.15) is 0 Å². The summed E-state index contributed by atoms with van der Waals surface area (Å²) in [5.74, 6) is -0.341. The van der Waals surface area contributed by atoms with E-state index in [4.69, 9.17) is 4.74 Å². The molecule has 38 heavy (non-hydrogen) atoms. The predicted molar refractivity (Wildman–Crippen MR) is 143 cm³/mol. The van der Waals surface area contributed by atoms with Crippen LogP contribution < -0.4 is 10.2 Å². The lowest BCUT2D eigenvalue weighted by Gasteiger charge is -2.41. The van der Waals surface area contributed by atoms with E-state index in [1.54, 1.807) is 6.92 Å². The third kappa shape index (κ3) is 5.74. The molecule has 0 radical (unpaired) electrons. The molecule has 2 aliphatic heterocycles. The van der Waals surface area contributed by atoms with Gasteiger partial charge in [0.15, 0.2) is 0 Å². The maximum absolute atomic E-state index is 13.0. The van der Waals surface area contributed by atoms with Gasteiger partial charge in [-0.25, -0.2) is 4.68 Å². The van der Waals surface area contributed by atoms with Gasteiger partial charge in [-0.15, -0.1) is 0 Å². The standard InChI is InChI=1S/C27H29BrF3N5O2/c1-18-23(17-32-36(18)22-5-2-19(3-6-22)27(29,30)31)26(37)33-20-4-7-25(24(28)16-20)35-10-8-21(9-11-35)34-12-14-38-15-13-34/h2-7,16-17,21H,8-15H2,1H3,(H,33,37). The average Bonchev–Trinajstić information content (AvgIpc) is 3.30. The van der Waals surface area contributed by atoms with E-state index in [1.807, 2.05) is 18.2 Å². The fourth-order valence-electron chi connectivity index (χ4n) is 5.14. The highest BCUT2D eigenvalue weighted by molar-refractivity contribution is 9.10. The summed E-state index contributed by atoms with van der Waals surface area (Å²) in [6, 6.07) is 11.0. The zero-order chi connectivity index (χ0) is 26.9. The summed E-state index contributed by atoms with van der Waals surface area (Å²) in [4.78, 5) is 17.9. The van der Waals surface area contributed by atoms with Crippen LogP contribution in [0.25, 0.3) is 5.69 Å². The first-order chi connectivity index (χ1) is 18.2. The van der Waals surface area contributed by atoms with E-state index >= 15 is 0 Å². The summed E-state index contributed by atoms with van der Waals surface area (Å²) in [5.41, 5.74) is 2.31. The molecule has 5 rings (SSSR count). The van der Waals surface area contributed by atoms with Gasteiger partial charge in [0.2, 0.25) is 0 Å². The van der Waals surface area contributed by atoms with Gasteiger partial charge in [-0.3, -0.25) is 9.69 Å². The third-order valence-electron chi connectivity index (χ3n) is 7.27. The molecule has 2 saturated heterocycles. The van der Waals surface area contributed by atoms with Crippen LogP contribution >= 0.6 is 15.9 Å². The molecule has 0 aliphatic carbocycles. The van der Waals surface area contributed by atoms with Crippen LogP contribution in [0.1, 0.15) is 34.5 Å². The van der Waals surface area contributed by atoms with Crippen LogP contribution in [-0.4, -0.2) is 66.0 Å². The summed E-state index contributed by atoms with van der Waals surface area (Å²) in [7, 11) is 0. The zero-order valence-electron chi connectivity index (χ0n) is 21.0. The molecule has 0 atom stereocenters. The van der Waals surface area contributed by atoms with Crippen molar-refractivity contribution >= 4 is 33.2 Å². The minimum Gasteiger partial charge on any atom is -0.379 e. The zero-order valence-corrected chi connectivity index (χ0v) is 22.6. The number of hydrogen-bond acceptors (Lipinski definition) is 5. The fraction of sp³-hybridized carbons (Fsp3) is 0.407. The molecule has 0 spiro atoms. The van der Waals surface area contributed by atoms with Gasteiger partial charge in [-0.2, -0.15) is 18.3 Å². The van der Waals surface area contributed by atoms with Gasteiger partial charge in [0, 0.05) is 42.4 Å². The number of amides is 1. The van der Waals surface area contributed by atoms with Gasteiger partial charge >= 0.3 is 6.18 Å². The number of nitrogens with one attached hydrogen (secondary N) is 1. The van der Waals surface area contributed by atoms with Crippen LogP contribution in [-0.2, 0) is 10.9 Å². The average molecular weight is 592 g/mol. The highest BCUT2D eigenvalue weighted by Crippen LogP contribution is 2.33. The van der Waals surface area contributed by atoms with Gasteiger partial charge in [-0.05, 0) is 78.2 Å². The molecule has 202 valence electrons. The molecular formula is C27H29BrF3N5O2. The topological polar surface area (TPSA) is 62.6 Å². The minimum absolute atomic E-state index is 0.341. The summed E-state index contributed by atoms with van der Waals surface area (Å²) >= 11 is 3.67. The van der Waals surface area contributed by atoms with Crippen molar-refractivity contribution < 1.29 is 22.7 Å². The summed E-state index contributed by atoms with van der Waals surface area (Å²) in [6.45, 7) is 7.28. The normalized spacial score (nSPS) is 17.6. The number of rotatable bonds is 5. The number of alkyl halides is 3. The highest BCUT2D eigenvalue weighted by atomic mass is 79.9. The van der Waals surface area contributed by atoms with E-state index < -0.39 is 11.7 Å². The van der Waals surface area contributed by atoms with Crippen LogP contribution in [0.4, 0.5) is 24.5 Å². The summed E-state index contributed by atoms with van der Waals surface area (Å²) < 4.78 is 46.5. The van der Waals surface area contributed by atoms with Crippen molar-refractivity contribution in [1.82, 2.24) is 14.7 Å². The molecule has 0 saturated carbocycles. The number of hydrogen-bond donors (Lipinski definition) is 1. The molecule has 3 aromatic rings. The molecule has 1 N–H and O–H groups in total. The third-order valence-corrected chi connectivity index (χ3v) is 7.90. The first kappa shape index (κ1) is 26.7. The Kier molecular flexibility index (Phi) is 7.78. The monoisotopic (exact) mass is 591 g/mol. The first-order valence-corrected chi connectivity index (χ1v) is 13.4. The second kappa shape index (κ2) is 11.1. The maximum Gasteiger partial charge on any atom is 0.416 e. The largest absolute Gasteiger partial charge is 0.416 e. The van der Waals surface area contributed by atoms with Crippen LogP contribution in [0.2, 0.25) is 0 Å². The molecule has 2 aliphatic rings. The molecule has 11 heteroatoms. The molecule has 2 aromatic carbocycles. The van der Waals surface area contributed by atoms with E-state index in [1.165, 1.54) is 23.0 Å². The van der Waals surface area contributed by atoms with E-state index in [-0.39, 0.29) is 5.91 Å². The van der Waals surface area contributed by atoms with Crippen LogP contribution in [0.5, 0.6) is 0 Å². The fourth-order valence-corrected chi connectivity index (χ4v) is 5.77. The molecular weight excluding hydrogens is 563 g/mol. The Morgan fingerprint density at radius 3 is 2.37 bits per heavy atom. The second-order valence-electron chi connectivity index (χ2n) is 9.59. The number of anilines is 2. The molecule has 7 nitrogen and oxygen atoms in total. The van der Waals surface area contributed by atoms with Crippen molar-refractivity contribution in [2.75, 3.05) is 49.6 Å². The van der Waals surface area contributed by atoms with Crippen molar-refractivity contribution in [1.29, 1.82) is 0 Å². The van der Waals surface area contributed by atoms with Gasteiger partial charge < -0.3 is 15.0 Å². The lowest BCUT2D eigenvalue weighted by Crippen LogP contribution is -2.49. The van der Waals surface area contributed by atoms with E-state index in [9.17, 15) is 18.0 Å². The Labute approximate surface area is 227 Å². The number of benzene rings is 2. The molecule has 0 unspecified atom stereocenters. The van der Waals surface area contributed by atoms with Crippen molar-refractivity contribution in [3.8, 4) is 5.69 Å². The number of halogens is 4. The minimum atomic E-state index is -4.41. The number of morpholine rings is 1. The second-order valence-corrected chi connectivity index (χ2v) is 10.4. The predicted octanol–water partition coefficient (Wildman–Crippen LogP) is 5.52. The van der Waals surface area contributed by atoms with Gasteiger partial charge in [0.05, 0.1) is 47.6 Å². The molecule has 3 heterocycles. The van der Waals surface area contributed by atoms with E-state index in [0.29, 0.717) is 28.7 Å². The van der Waals surface area contributed by atoms with Crippen LogP contribution in [0.15, 0.2) is 53.1 Å². The lowest BCUT2D eigenvalue weighted by molar-refractivity contribution is -0.137. The van der Waals surface area contributed by atoms with Gasteiger partial charge in [0.25, 0.3) is 5.91 Å². The van der Waals surface area contributed by atoms with Crippen molar-refractivity contribution in [3.63, 3.8) is 0 Å². The summed E-state index contributed by atoms with van der Waals surface area (Å²) in [5, 5.41) is 7.13. The van der Waals surface area contributed by atoms with Crippen molar-refractivity contribution in [2.45, 2.75) is 32.0 Å². The van der Waals surface area contributed by atoms with Crippen molar-refractivity contribution in [2.24, 2.45) is 0 Å². The Balaban J connectivity index is 1.22. The first-order valence-electron chi connectivity index (χ1n) is 12.6. The number of carbonyl (C=O) groups is 1. The lowest BCUT2D eigenvalue weighted by atomic mass is 10.0. The number of ether oxygens (including phenoxy) is 1. The van der Waals surface area contributed by atoms with Crippen LogP contribution in [0, 0.1) is 6.92 Å². The molecule has 1 amide bonds. The number of aromatic nitrogens is 2. The smallest absolute Gasteiger partial charge is 0.379 e. The number of nitrogens with zero attached hydrogens (tertiary/aromatic N) is 4. The summed E-state index contributed by atoms with van der Waals surface area (Å²) in [6.07, 6.45) is -0.781. The highest BCUT2D eigenvalue weighted by Gasteiger charge is 2.30. The Hall–Kier alpha value is -2.89. The molecule has 2 fully saturated rings. The number of carbonyl (C=O) groups excluding carboxylic acids is 1. The van der Waals surface area contributed by atoms with E-state index in [0.717, 1.165) is 74.5 Å². The number of piperidine rings is 1. The Morgan fingerprint density at radius 1 is 1.05 bits per heavy atom. The molecule has 1 aromatic heterocycles.